The Morgan fingerprint density at radius 3 is 2.54 bits per heavy atom. The van der Waals surface area contributed by atoms with Gasteiger partial charge in [0.2, 0.25) is 0 Å². The highest BCUT2D eigenvalue weighted by Crippen LogP contribution is 2.25. The van der Waals surface area contributed by atoms with Gasteiger partial charge in [-0.05, 0) is 61.0 Å². The lowest BCUT2D eigenvalue weighted by Gasteiger charge is -2.19. The summed E-state index contributed by atoms with van der Waals surface area (Å²) in [7, 11) is 1.65. The molecule has 3 rings (SSSR count). The fourth-order valence-corrected chi connectivity index (χ4v) is 3.27. The number of nitrogens with zero attached hydrogens (tertiary/aromatic N) is 1. The van der Waals surface area contributed by atoms with Gasteiger partial charge in [0.25, 0.3) is 0 Å². The van der Waals surface area contributed by atoms with Crippen LogP contribution in [0.1, 0.15) is 6.42 Å². The molecule has 0 bridgehead atoms. The van der Waals surface area contributed by atoms with Crippen molar-refractivity contribution in [3.8, 4) is 5.75 Å². The number of ether oxygens (including phenoxy) is 1. The van der Waals surface area contributed by atoms with Crippen molar-refractivity contribution in [2.75, 3.05) is 37.0 Å². The number of nitrogens with one attached hydrogen (secondary N) is 2. The molecule has 1 saturated heterocycles. The Morgan fingerprint density at radius 2 is 1.88 bits per heavy atom. The number of thiocarbonyl (C=S) groups is 1. The lowest BCUT2D eigenvalue weighted by atomic mass is 10.1. The first-order chi connectivity index (χ1) is 12.5. The van der Waals surface area contributed by atoms with E-state index in [1.807, 2.05) is 12.1 Å². The van der Waals surface area contributed by atoms with Crippen molar-refractivity contribution in [3.63, 3.8) is 0 Å². The van der Waals surface area contributed by atoms with Crippen molar-refractivity contribution in [1.29, 1.82) is 0 Å². The van der Waals surface area contributed by atoms with Gasteiger partial charge in [-0.1, -0.05) is 0 Å². The van der Waals surface area contributed by atoms with Crippen LogP contribution in [0, 0.1) is 17.6 Å². The van der Waals surface area contributed by atoms with Crippen molar-refractivity contribution in [1.82, 2.24) is 5.32 Å². The molecule has 138 valence electrons. The van der Waals surface area contributed by atoms with E-state index < -0.39 is 11.6 Å². The molecule has 1 fully saturated rings. The first kappa shape index (κ1) is 18.4. The van der Waals surface area contributed by atoms with E-state index >= 15 is 0 Å². The minimum atomic E-state index is -0.638. The largest absolute Gasteiger partial charge is 0.497 e. The zero-order chi connectivity index (χ0) is 18.5. The Bertz CT molecular complexity index is 750. The Labute approximate surface area is 157 Å². The summed E-state index contributed by atoms with van der Waals surface area (Å²) in [6, 6.07) is 11.3. The molecule has 26 heavy (non-hydrogen) atoms. The molecule has 2 aromatic rings. The molecule has 0 saturated carbocycles. The van der Waals surface area contributed by atoms with E-state index in [4.69, 9.17) is 17.0 Å². The number of methoxy groups -OCH3 is 1. The van der Waals surface area contributed by atoms with Crippen LogP contribution in [-0.4, -0.2) is 31.9 Å². The number of rotatable bonds is 5. The van der Waals surface area contributed by atoms with Gasteiger partial charge in [0, 0.05) is 37.1 Å². The van der Waals surface area contributed by atoms with Gasteiger partial charge in [-0.2, -0.15) is 0 Å². The van der Waals surface area contributed by atoms with Crippen LogP contribution in [0.25, 0.3) is 0 Å². The number of hydrogen-bond donors (Lipinski definition) is 2. The maximum atomic E-state index is 13.2. The quantitative estimate of drug-likeness (QED) is 0.776. The van der Waals surface area contributed by atoms with Crippen LogP contribution in [0.15, 0.2) is 42.5 Å². The molecule has 0 aromatic heterocycles. The zero-order valence-electron chi connectivity index (χ0n) is 14.5. The highest BCUT2D eigenvalue weighted by atomic mass is 32.1. The molecule has 0 unspecified atom stereocenters. The minimum Gasteiger partial charge on any atom is -0.497 e. The van der Waals surface area contributed by atoms with Crippen LogP contribution in [-0.2, 0) is 0 Å². The van der Waals surface area contributed by atoms with Crippen molar-refractivity contribution >= 4 is 28.7 Å². The van der Waals surface area contributed by atoms with Crippen LogP contribution in [0.5, 0.6) is 5.75 Å². The Balaban J connectivity index is 1.47. The molecular weight excluding hydrogens is 356 g/mol. The molecule has 2 N–H and O–H groups in total. The van der Waals surface area contributed by atoms with Crippen molar-refractivity contribution in [2.24, 2.45) is 5.92 Å². The lowest BCUT2D eigenvalue weighted by Crippen LogP contribution is -2.34. The Morgan fingerprint density at radius 1 is 1.19 bits per heavy atom. The second-order valence-corrected chi connectivity index (χ2v) is 6.70. The molecule has 1 aliphatic heterocycles. The normalized spacial score (nSPS) is 16.4. The SMILES string of the molecule is COc1ccc(N2CC[C@H](CNC(=S)Nc3cc(F)cc(F)c3)C2)cc1. The molecule has 2 aromatic carbocycles. The van der Waals surface area contributed by atoms with E-state index in [1.54, 1.807) is 7.11 Å². The highest BCUT2D eigenvalue weighted by molar-refractivity contribution is 7.80. The average molecular weight is 377 g/mol. The summed E-state index contributed by atoms with van der Waals surface area (Å²) in [6.45, 7) is 2.61. The van der Waals surface area contributed by atoms with Crippen LogP contribution in [0.3, 0.4) is 0 Å². The van der Waals surface area contributed by atoms with Crippen LogP contribution in [0.2, 0.25) is 0 Å². The van der Waals surface area contributed by atoms with Crippen LogP contribution in [0.4, 0.5) is 20.2 Å². The summed E-state index contributed by atoms with van der Waals surface area (Å²) in [5.41, 5.74) is 1.47. The molecule has 0 spiro atoms. The summed E-state index contributed by atoms with van der Waals surface area (Å²) in [5.74, 6) is 0.0138. The van der Waals surface area contributed by atoms with Crippen LogP contribution < -0.4 is 20.3 Å². The fraction of sp³-hybridized carbons (Fsp3) is 0.316. The summed E-state index contributed by atoms with van der Waals surface area (Å²) < 4.78 is 31.6. The van der Waals surface area contributed by atoms with Gasteiger partial charge in [0.05, 0.1) is 7.11 Å². The maximum absolute atomic E-state index is 13.2. The topological polar surface area (TPSA) is 36.5 Å². The molecule has 4 nitrogen and oxygen atoms in total. The summed E-state index contributed by atoms with van der Waals surface area (Å²) >= 11 is 5.21. The van der Waals surface area contributed by atoms with Gasteiger partial charge < -0.3 is 20.3 Å². The van der Waals surface area contributed by atoms with Crippen molar-refractivity contribution in [3.05, 3.63) is 54.1 Å². The van der Waals surface area contributed by atoms with Gasteiger partial charge in [0.1, 0.15) is 17.4 Å². The van der Waals surface area contributed by atoms with E-state index in [2.05, 4.69) is 27.7 Å². The summed E-state index contributed by atoms with van der Waals surface area (Å²) in [5, 5.41) is 6.31. The van der Waals surface area contributed by atoms with E-state index in [9.17, 15) is 8.78 Å². The van der Waals surface area contributed by atoms with E-state index in [-0.39, 0.29) is 0 Å². The molecule has 0 radical (unpaired) electrons. The van der Waals surface area contributed by atoms with Gasteiger partial charge in [-0.3, -0.25) is 0 Å². The monoisotopic (exact) mass is 377 g/mol. The number of benzene rings is 2. The van der Waals surface area contributed by atoms with E-state index in [0.717, 1.165) is 31.3 Å². The molecule has 0 aliphatic carbocycles. The molecule has 0 amide bonds. The number of halogens is 2. The van der Waals surface area contributed by atoms with Gasteiger partial charge in [-0.25, -0.2) is 8.78 Å². The minimum absolute atomic E-state index is 0.297. The predicted octanol–water partition coefficient (Wildman–Crippen LogP) is 3.79. The third kappa shape index (κ3) is 4.82. The summed E-state index contributed by atoms with van der Waals surface area (Å²) in [6.07, 6.45) is 1.05. The lowest BCUT2D eigenvalue weighted by molar-refractivity contribution is 0.415. The summed E-state index contributed by atoms with van der Waals surface area (Å²) in [4.78, 5) is 2.32. The Kier molecular flexibility index (Phi) is 5.88. The predicted molar refractivity (Wildman–Crippen MR) is 104 cm³/mol. The first-order valence-electron chi connectivity index (χ1n) is 8.43. The molecule has 1 heterocycles. The van der Waals surface area contributed by atoms with E-state index in [0.29, 0.717) is 23.3 Å². The number of hydrogen-bond acceptors (Lipinski definition) is 3. The second-order valence-electron chi connectivity index (χ2n) is 6.29. The standard InChI is InChI=1S/C19H21F2N3OS/c1-25-18-4-2-17(3-5-18)24-7-6-13(12-24)11-22-19(26)23-16-9-14(20)8-15(21)10-16/h2-5,8-10,13H,6-7,11-12H2,1H3,(H2,22,23,26)/t13-/m1/s1. The second kappa shape index (κ2) is 8.31. The molecular formula is C19H21F2N3OS. The smallest absolute Gasteiger partial charge is 0.170 e. The Hall–Kier alpha value is -2.41. The van der Waals surface area contributed by atoms with Crippen molar-refractivity contribution < 1.29 is 13.5 Å². The van der Waals surface area contributed by atoms with E-state index in [1.165, 1.54) is 17.8 Å². The molecule has 7 heteroatoms. The maximum Gasteiger partial charge on any atom is 0.170 e. The van der Waals surface area contributed by atoms with Crippen LogP contribution >= 0.6 is 12.2 Å². The van der Waals surface area contributed by atoms with Crippen molar-refractivity contribution in [2.45, 2.75) is 6.42 Å². The molecule has 1 atom stereocenters. The average Bonchev–Trinajstić information content (AvgIpc) is 3.08. The third-order valence-corrected chi connectivity index (χ3v) is 4.64. The van der Waals surface area contributed by atoms with Gasteiger partial charge in [0.15, 0.2) is 5.11 Å². The fourth-order valence-electron chi connectivity index (χ4n) is 3.07. The molecule has 1 aliphatic rings. The first-order valence-corrected chi connectivity index (χ1v) is 8.84. The number of anilines is 2. The van der Waals surface area contributed by atoms with Gasteiger partial charge in [-0.15, -0.1) is 0 Å². The van der Waals surface area contributed by atoms with Gasteiger partial charge >= 0.3 is 0 Å². The highest BCUT2D eigenvalue weighted by Gasteiger charge is 2.22. The third-order valence-electron chi connectivity index (χ3n) is 4.40. The zero-order valence-corrected chi connectivity index (χ0v) is 15.3.